The number of benzene rings is 1. The lowest BCUT2D eigenvalue weighted by atomic mass is 9.85. The van der Waals surface area contributed by atoms with Crippen molar-refractivity contribution in [2.75, 3.05) is 13.2 Å². The molecule has 0 spiro atoms. The Hall–Kier alpha value is -2.35. The van der Waals surface area contributed by atoms with Crippen LogP contribution < -0.4 is 0 Å². The zero-order valence-corrected chi connectivity index (χ0v) is 13.7. The van der Waals surface area contributed by atoms with Gasteiger partial charge in [-0.25, -0.2) is 4.79 Å². The minimum Gasteiger partial charge on any atom is -0.464 e. The van der Waals surface area contributed by atoms with Crippen molar-refractivity contribution in [1.82, 2.24) is 4.90 Å². The number of esters is 1. The lowest BCUT2D eigenvalue weighted by molar-refractivity contribution is -0.157. The fourth-order valence-corrected chi connectivity index (χ4v) is 3.18. The summed E-state index contributed by atoms with van der Waals surface area (Å²) in [6, 6.07) is 9.24. The fourth-order valence-electron chi connectivity index (χ4n) is 3.18. The van der Waals surface area contributed by atoms with E-state index in [1.54, 1.807) is 30.0 Å². The van der Waals surface area contributed by atoms with Crippen LogP contribution in [0.15, 0.2) is 24.3 Å². The minimum absolute atomic E-state index is 0.153. The summed E-state index contributed by atoms with van der Waals surface area (Å²) >= 11 is 0. The fraction of sp³-hybridized carbons (Fsp3) is 0.500. The predicted molar refractivity (Wildman–Crippen MR) is 85.5 cm³/mol. The van der Waals surface area contributed by atoms with Crippen molar-refractivity contribution in [3.63, 3.8) is 0 Å². The molecule has 5 nitrogen and oxygen atoms in total. The molecule has 0 aromatic heterocycles. The lowest BCUT2D eigenvalue weighted by Crippen LogP contribution is -2.51. The molecule has 23 heavy (non-hydrogen) atoms. The van der Waals surface area contributed by atoms with E-state index in [2.05, 4.69) is 6.07 Å². The van der Waals surface area contributed by atoms with Gasteiger partial charge < -0.3 is 9.64 Å². The van der Waals surface area contributed by atoms with E-state index in [9.17, 15) is 9.59 Å². The van der Waals surface area contributed by atoms with E-state index in [1.807, 2.05) is 13.0 Å². The van der Waals surface area contributed by atoms with Crippen molar-refractivity contribution >= 4 is 11.9 Å². The highest BCUT2D eigenvalue weighted by molar-refractivity contribution is 6.05. The predicted octanol–water partition coefficient (Wildman–Crippen LogP) is 3.00. The third kappa shape index (κ3) is 2.81. The second-order valence-corrected chi connectivity index (χ2v) is 5.59. The molecule has 0 N–H and O–H groups in total. The van der Waals surface area contributed by atoms with Gasteiger partial charge >= 0.3 is 5.97 Å². The van der Waals surface area contributed by atoms with E-state index in [-0.39, 0.29) is 25.4 Å². The monoisotopic (exact) mass is 314 g/mol. The highest BCUT2D eigenvalue weighted by Gasteiger charge is 2.55. The van der Waals surface area contributed by atoms with Crippen LogP contribution in [0.1, 0.15) is 55.5 Å². The quantitative estimate of drug-likeness (QED) is 0.725. The van der Waals surface area contributed by atoms with Gasteiger partial charge in [0, 0.05) is 24.1 Å². The van der Waals surface area contributed by atoms with Crippen LogP contribution in [0.5, 0.6) is 0 Å². The molecular weight excluding hydrogens is 292 g/mol. The van der Waals surface area contributed by atoms with Gasteiger partial charge in [0.25, 0.3) is 5.91 Å². The van der Waals surface area contributed by atoms with Gasteiger partial charge in [-0.2, -0.15) is 5.26 Å². The van der Waals surface area contributed by atoms with Gasteiger partial charge in [0.05, 0.1) is 12.7 Å². The third-order valence-electron chi connectivity index (χ3n) is 4.26. The van der Waals surface area contributed by atoms with Gasteiger partial charge in [-0.1, -0.05) is 31.5 Å². The summed E-state index contributed by atoms with van der Waals surface area (Å²) in [7, 11) is 0. The summed E-state index contributed by atoms with van der Waals surface area (Å²) in [5.74, 6) is -0.593. The maximum absolute atomic E-state index is 12.8. The van der Waals surface area contributed by atoms with Gasteiger partial charge in [0.2, 0.25) is 0 Å². The summed E-state index contributed by atoms with van der Waals surface area (Å²) in [4.78, 5) is 27.3. The number of carbonyl (C=O) groups excluding carboxylic acids is 2. The molecule has 0 fully saturated rings. The zero-order chi connectivity index (χ0) is 16.9. The number of hydrogen-bond donors (Lipinski definition) is 0. The van der Waals surface area contributed by atoms with Crippen molar-refractivity contribution in [3.8, 4) is 6.07 Å². The van der Waals surface area contributed by atoms with Gasteiger partial charge in [0.15, 0.2) is 5.54 Å². The average molecular weight is 314 g/mol. The van der Waals surface area contributed by atoms with Crippen molar-refractivity contribution < 1.29 is 14.3 Å². The van der Waals surface area contributed by atoms with Crippen LogP contribution in [0.3, 0.4) is 0 Å². The first-order valence-electron chi connectivity index (χ1n) is 8.09. The molecule has 1 aliphatic rings. The number of nitrogens with zero attached hydrogens (tertiary/aromatic N) is 2. The number of unbranched alkanes of at least 4 members (excludes halogenated alkanes) is 1. The Morgan fingerprint density at radius 1 is 1.35 bits per heavy atom. The summed E-state index contributed by atoms with van der Waals surface area (Å²) < 4.78 is 5.30. The molecular formula is C18H22N2O3. The number of carbonyl (C=O) groups is 2. The molecule has 5 heteroatoms. The summed E-state index contributed by atoms with van der Waals surface area (Å²) in [6.45, 7) is 4.50. The van der Waals surface area contributed by atoms with Gasteiger partial charge in [-0.05, 0) is 25.8 Å². The Morgan fingerprint density at radius 2 is 2.09 bits per heavy atom. The third-order valence-corrected chi connectivity index (χ3v) is 4.26. The van der Waals surface area contributed by atoms with Crippen molar-refractivity contribution in [3.05, 3.63) is 35.4 Å². The highest BCUT2D eigenvalue weighted by atomic mass is 16.5. The molecule has 0 aliphatic carbocycles. The van der Waals surface area contributed by atoms with E-state index < -0.39 is 11.5 Å². The Kier molecular flexibility index (Phi) is 5.38. The zero-order valence-electron chi connectivity index (χ0n) is 13.7. The number of rotatable bonds is 7. The smallest absolute Gasteiger partial charge is 0.336 e. The van der Waals surface area contributed by atoms with Crippen molar-refractivity contribution in [2.45, 2.75) is 45.1 Å². The van der Waals surface area contributed by atoms with Gasteiger partial charge in [0.1, 0.15) is 0 Å². The SMILES string of the molecule is CCCCN1C(=O)c2ccccc2C1(CCC#N)C(=O)OCC. The molecule has 1 amide bonds. The van der Waals surface area contributed by atoms with Crippen LogP contribution in [-0.2, 0) is 15.1 Å². The molecule has 1 aromatic rings. The molecule has 0 saturated carbocycles. The standard InChI is InChI=1S/C18H22N2O3/c1-3-5-13-20-16(21)14-9-6-7-10-15(14)18(20,11-8-12-19)17(22)23-4-2/h6-7,9-10H,3-5,8,11,13H2,1-2H3. The van der Waals surface area contributed by atoms with Crippen LogP contribution in [-0.4, -0.2) is 29.9 Å². The lowest BCUT2D eigenvalue weighted by Gasteiger charge is -2.36. The van der Waals surface area contributed by atoms with Crippen LogP contribution in [0.2, 0.25) is 0 Å². The second kappa shape index (κ2) is 7.28. The van der Waals surface area contributed by atoms with Gasteiger partial charge in [-0.15, -0.1) is 0 Å². The highest BCUT2D eigenvalue weighted by Crippen LogP contribution is 2.43. The first-order valence-corrected chi connectivity index (χ1v) is 8.09. The Labute approximate surface area is 136 Å². The van der Waals surface area contributed by atoms with E-state index in [0.717, 1.165) is 12.8 Å². The Bertz CT molecular complexity index is 635. The topological polar surface area (TPSA) is 70.4 Å². The van der Waals surface area contributed by atoms with E-state index >= 15 is 0 Å². The Morgan fingerprint density at radius 3 is 2.74 bits per heavy atom. The maximum Gasteiger partial charge on any atom is 0.336 e. The normalized spacial score (nSPS) is 19.3. The molecule has 122 valence electrons. The van der Waals surface area contributed by atoms with Crippen molar-refractivity contribution in [1.29, 1.82) is 5.26 Å². The van der Waals surface area contributed by atoms with Gasteiger partial charge in [-0.3, -0.25) is 4.79 Å². The molecule has 0 saturated heterocycles. The molecule has 1 aromatic carbocycles. The van der Waals surface area contributed by atoms with E-state index in [4.69, 9.17) is 10.00 Å². The molecule has 1 heterocycles. The second-order valence-electron chi connectivity index (χ2n) is 5.59. The molecule has 0 radical (unpaired) electrons. The maximum atomic E-state index is 12.8. The molecule has 0 bridgehead atoms. The Balaban J connectivity index is 2.58. The molecule has 1 unspecified atom stereocenters. The molecule has 1 aliphatic heterocycles. The number of fused-ring (bicyclic) bond motifs is 1. The summed E-state index contributed by atoms with van der Waals surface area (Å²) in [5.41, 5.74) is 0.0265. The van der Waals surface area contributed by atoms with Crippen molar-refractivity contribution in [2.24, 2.45) is 0 Å². The number of nitriles is 1. The summed E-state index contributed by atoms with van der Waals surface area (Å²) in [6.07, 6.45) is 2.16. The largest absolute Gasteiger partial charge is 0.464 e. The number of ether oxygens (including phenoxy) is 1. The van der Waals surface area contributed by atoms with Crippen LogP contribution in [0.4, 0.5) is 0 Å². The average Bonchev–Trinajstić information content (AvgIpc) is 2.81. The number of hydrogen-bond acceptors (Lipinski definition) is 4. The first-order chi connectivity index (χ1) is 11.1. The first kappa shape index (κ1) is 17.0. The summed E-state index contributed by atoms with van der Waals surface area (Å²) in [5, 5.41) is 9.02. The minimum atomic E-state index is -1.17. The van der Waals surface area contributed by atoms with E-state index in [0.29, 0.717) is 17.7 Å². The number of amides is 1. The molecule has 1 atom stereocenters. The van der Waals surface area contributed by atoms with E-state index in [1.165, 1.54) is 0 Å². The van der Waals surface area contributed by atoms with Crippen LogP contribution in [0, 0.1) is 11.3 Å². The van der Waals surface area contributed by atoms with Crippen LogP contribution in [0.25, 0.3) is 0 Å². The van der Waals surface area contributed by atoms with Crippen LogP contribution >= 0.6 is 0 Å². The molecule has 2 rings (SSSR count).